The number of carbonyl (C=O) groups is 2. The third-order valence-corrected chi connectivity index (χ3v) is 4.06. The van der Waals surface area contributed by atoms with Crippen LogP contribution in [0.2, 0.25) is 0 Å². The molecule has 4 nitrogen and oxygen atoms in total. The van der Waals surface area contributed by atoms with Crippen LogP contribution in [0.3, 0.4) is 0 Å². The number of likely N-dealkylation sites (tertiary alicyclic amines) is 1. The molecule has 1 saturated heterocycles. The summed E-state index contributed by atoms with van der Waals surface area (Å²) in [4.78, 5) is 26.1. The number of rotatable bonds is 3. The summed E-state index contributed by atoms with van der Waals surface area (Å²) in [5.41, 5.74) is 2.41. The zero-order valence-corrected chi connectivity index (χ0v) is 13.0. The fourth-order valence-electron chi connectivity index (χ4n) is 2.71. The molecule has 0 spiro atoms. The molecule has 2 rings (SSSR count). The van der Waals surface area contributed by atoms with E-state index in [1.54, 1.807) is 6.07 Å². The molecule has 1 aliphatic heterocycles. The Morgan fingerprint density at radius 2 is 2.05 bits per heavy atom. The van der Waals surface area contributed by atoms with E-state index >= 15 is 0 Å². The molecule has 1 fully saturated rings. The number of hydrogen-bond acceptors (Lipinski definition) is 3. The van der Waals surface area contributed by atoms with Crippen molar-refractivity contribution in [2.75, 3.05) is 13.2 Å². The molecule has 1 aromatic rings. The van der Waals surface area contributed by atoms with Crippen LogP contribution in [-0.2, 0) is 9.53 Å². The van der Waals surface area contributed by atoms with Crippen LogP contribution in [0.4, 0.5) is 0 Å². The van der Waals surface area contributed by atoms with Crippen molar-refractivity contribution in [3.05, 3.63) is 34.9 Å². The smallest absolute Gasteiger partial charge is 0.338 e. The number of ether oxygens (including phenoxy) is 1. The lowest BCUT2D eigenvalue weighted by atomic mass is 10.0. The number of hydrogen-bond donors (Lipinski definition) is 0. The Labute approximate surface area is 126 Å². The molecule has 1 unspecified atom stereocenters. The Bertz CT molecular complexity index is 539. The van der Waals surface area contributed by atoms with E-state index in [9.17, 15) is 9.59 Å². The summed E-state index contributed by atoms with van der Waals surface area (Å²) in [6.45, 7) is 6.43. The van der Waals surface area contributed by atoms with Crippen molar-refractivity contribution in [1.82, 2.24) is 4.90 Å². The molecule has 0 bridgehead atoms. The van der Waals surface area contributed by atoms with Crippen LogP contribution >= 0.6 is 0 Å². The molecular formula is C17H23NO3. The lowest BCUT2D eigenvalue weighted by Gasteiger charge is -2.33. The van der Waals surface area contributed by atoms with Gasteiger partial charge >= 0.3 is 5.97 Å². The normalized spacial score (nSPS) is 18.4. The van der Waals surface area contributed by atoms with Crippen LogP contribution in [0.25, 0.3) is 0 Å². The van der Waals surface area contributed by atoms with E-state index in [1.165, 1.54) is 0 Å². The second-order valence-corrected chi connectivity index (χ2v) is 5.83. The van der Waals surface area contributed by atoms with Gasteiger partial charge in [0.25, 0.3) is 5.91 Å². The fraction of sp³-hybridized carbons (Fsp3) is 0.529. The van der Waals surface area contributed by atoms with Crippen molar-refractivity contribution in [3.63, 3.8) is 0 Å². The van der Waals surface area contributed by atoms with Gasteiger partial charge in [-0.15, -0.1) is 0 Å². The predicted molar refractivity (Wildman–Crippen MR) is 81.2 cm³/mol. The third-order valence-electron chi connectivity index (χ3n) is 4.06. The van der Waals surface area contributed by atoms with Crippen molar-refractivity contribution in [3.8, 4) is 0 Å². The summed E-state index contributed by atoms with van der Waals surface area (Å²) in [6, 6.07) is 5.88. The van der Waals surface area contributed by atoms with E-state index < -0.39 is 5.97 Å². The second kappa shape index (κ2) is 6.74. The first kappa shape index (κ1) is 15.5. The highest BCUT2D eigenvalue weighted by Gasteiger charge is 2.24. The Morgan fingerprint density at radius 1 is 1.29 bits per heavy atom. The molecule has 0 radical (unpaired) electrons. The van der Waals surface area contributed by atoms with Gasteiger partial charge in [0, 0.05) is 12.6 Å². The fourth-order valence-corrected chi connectivity index (χ4v) is 2.71. The second-order valence-electron chi connectivity index (χ2n) is 5.83. The Kier molecular flexibility index (Phi) is 4.99. The molecule has 4 heteroatoms. The van der Waals surface area contributed by atoms with Crippen LogP contribution in [0.15, 0.2) is 18.2 Å². The number of carbonyl (C=O) groups excluding carboxylic acids is 2. The van der Waals surface area contributed by atoms with E-state index in [4.69, 9.17) is 4.74 Å². The van der Waals surface area contributed by atoms with Crippen LogP contribution in [0, 0.1) is 13.8 Å². The van der Waals surface area contributed by atoms with E-state index in [-0.39, 0.29) is 18.6 Å². The van der Waals surface area contributed by atoms with Crippen molar-refractivity contribution in [1.29, 1.82) is 0 Å². The maximum Gasteiger partial charge on any atom is 0.338 e. The van der Waals surface area contributed by atoms with Gasteiger partial charge in [-0.05, 0) is 51.7 Å². The highest BCUT2D eigenvalue weighted by Crippen LogP contribution is 2.17. The maximum atomic E-state index is 12.1. The van der Waals surface area contributed by atoms with E-state index in [0.717, 1.165) is 36.9 Å². The van der Waals surface area contributed by atoms with Gasteiger partial charge in [-0.2, -0.15) is 0 Å². The molecule has 114 valence electrons. The monoisotopic (exact) mass is 289 g/mol. The summed E-state index contributed by atoms with van der Waals surface area (Å²) in [7, 11) is 0. The van der Waals surface area contributed by atoms with Crippen LogP contribution in [-0.4, -0.2) is 36.0 Å². The van der Waals surface area contributed by atoms with Gasteiger partial charge in [0.15, 0.2) is 6.61 Å². The molecule has 1 aliphatic rings. The summed E-state index contributed by atoms with van der Waals surface area (Å²) in [5.74, 6) is -0.518. The zero-order valence-electron chi connectivity index (χ0n) is 13.0. The maximum absolute atomic E-state index is 12.1. The van der Waals surface area contributed by atoms with Gasteiger partial charge in [-0.25, -0.2) is 4.79 Å². The first-order chi connectivity index (χ1) is 9.99. The van der Waals surface area contributed by atoms with Gasteiger partial charge in [0.2, 0.25) is 0 Å². The Balaban J connectivity index is 1.94. The summed E-state index contributed by atoms with van der Waals surface area (Å²) in [5, 5.41) is 0. The van der Waals surface area contributed by atoms with Gasteiger partial charge in [-0.3, -0.25) is 4.79 Å². The van der Waals surface area contributed by atoms with Gasteiger partial charge < -0.3 is 9.64 Å². The number of benzene rings is 1. The first-order valence-electron chi connectivity index (χ1n) is 7.53. The molecule has 21 heavy (non-hydrogen) atoms. The molecule has 1 atom stereocenters. The predicted octanol–water partition coefficient (Wildman–Crippen LogP) is 2.86. The summed E-state index contributed by atoms with van der Waals surface area (Å²) in [6.07, 6.45) is 3.21. The minimum absolute atomic E-state index is 0.0964. The Hall–Kier alpha value is -1.84. The number of esters is 1. The molecular weight excluding hydrogens is 266 g/mol. The minimum atomic E-state index is -0.422. The van der Waals surface area contributed by atoms with Crippen molar-refractivity contribution in [2.24, 2.45) is 0 Å². The largest absolute Gasteiger partial charge is 0.452 e. The molecule has 0 aliphatic carbocycles. The quantitative estimate of drug-likeness (QED) is 0.804. The number of piperidine rings is 1. The van der Waals surface area contributed by atoms with Crippen molar-refractivity contribution >= 4 is 11.9 Å². The number of aryl methyl sites for hydroxylation is 2. The minimum Gasteiger partial charge on any atom is -0.452 e. The third kappa shape index (κ3) is 3.84. The Morgan fingerprint density at radius 3 is 2.76 bits per heavy atom. The van der Waals surface area contributed by atoms with Gasteiger partial charge in [0.05, 0.1) is 5.56 Å². The summed E-state index contributed by atoms with van der Waals surface area (Å²) >= 11 is 0. The average molecular weight is 289 g/mol. The van der Waals surface area contributed by atoms with Gasteiger partial charge in [0.1, 0.15) is 0 Å². The topological polar surface area (TPSA) is 46.6 Å². The highest BCUT2D eigenvalue weighted by molar-refractivity contribution is 5.92. The van der Waals surface area contributed by atoms with Crippen LogP contribution < -0.4 is 0 Å². The van der Waals surface area contributed by atoms with Crippen LogP contribution in [0.1, 0.15) is 47.7 Å². The zero-order chi connectivity index (χ0) is 15.4. The van der Waals surface area contributed by atoms with Gasteiger partial charge in [-0.1, -0.05) is 17.7 Å². The molecule has 1 amide bonds. The lowest BCUT2D eigenvalue weighted by Crippen LogP contribution is -2.44. The molecule has 0 N–H and O–H groups in total. The first-order valence-corrected chi connectivity index (χ1v) is 7.53. The SMILES string of the molecule is Cc1ccc(C)c(C(=O)OCC(=O)N2CCCCC2C)c1. The number of nitrogens with zero attached hydrogens (tertiary/aromatic N) is 1. The summed E-state index contributed by atoms with van der Waals surface area (Å²) < 4.78 is 5.20. The van der Waals surface area contributed by atoms with E-state index in [0.29, 0.717) is 5.56 Å². The average Bonchev–Trinajstić information content (AvgIpc) is 2.47. The van der Waals surface area contributed by atoms with Crippen molar-refractivity contribution in [2.45, 2.75) is 46.1 Å². The van der Waals surface area contributed by atoms with Crippen molar-refractivity contribution < 1.29 is 14.3 Å². The lowest BCUT2D eigenvalue weighted by molar-refractivity contribution is -0.137. The standard InChI is InChI=1S/C17H23NO3/c1-12-7-8-13(2)15(10-12)17(20)21-11-16(19)18-9-5-4-6-14(18)3/h7-8,10,14H,4-6,9,11H2,1-3H3. The number of amides is 1. The molecule has 0 aromatic heterocycles. The van der Waals surface area contributed by atoms with Crippen LogP contribution in [0.5, 0.6) is 0 Å². The molecule has 0 saturated carbocycles. The molecule has 1 aromatic carbocycles. The van der Waals surface area contributed by atoms with E-state index in [1.807, 2.05) is 37.8 Å². The van der Waals surface area contributed by atoms with E-state index in [2.05, 4.69) is 0 Å². The molecule has 1 heterocycles. The highest BCUT2D eigenvalue weighted by atomic mass is 16.5.